The van der Waals surface area contributed by atoms with Crippen LogP contribution >= 0.6 is 11.3 Å². The molecular formula is C21H23N5OS. The minimum absolute atomic E-state index is 0.570. The largest absolute Gasteiger partial charge is 0.486 e. The number of aliphatic imine (C=N–C) groups is 1. The minimum Gasteiger partial charge on any atom is -0.486 e. The SMILES string of the molecule is Cc1csc2ncnc(N3CCN(CCc4ccc5c(c4)N=CCO5)CC3)c12. The van der Waals surface area contributed by atoms with Crippen LogP contribution in [0.3, 0.4) is 0 Å². The Balaban J connectivity index is 1.21. The van der Waals surface area contributed by atoms with Crippen molar-refractivity contribution in [3.8, 4) is 5.75 Å². The Hall–Kier alpha value is -2.51. The smallest absolute Gasteiger partial charge is 0.145 e. The van der Waals surface area contributed by atoms with Gasteiger partial charge in [-0.3, -0.25) is 9.89 Å². The quantitative estimate of drug-likeness (QED) is 0.679. The van der Waals surface area contributed by atoms with Crippen molar-refractivity contribution in [3.63, 3.8) is 0 Å². The molecule has 0 bridgehead atoms. The molecule has 2 aliphatic rings. The fourth-order valence-corrected chi connectivity index (χ4v) is 4.80. The fourth-order valence-electron chi connectivity index (χ4n) is 3.91. The maximum absolute atomic E-state index is 5.58. The summed E-state index contributed by atoms with van der Waals surface area (Å²) in [4.78, 5) is 19.5. The Morgan fingerprint density at radius 1 is 1.14 bits per heavy atom. The highest BCUT2D eigenvalue weighted by atomic mass is 32.1. The lowest BCUT2D eigenvalue weighted by Crippen LogP contribution is -2.47. The molecule has 1 aromatic carbocycles. The van der Waals surface area contributed by atoms with E-state index in [1.54, 1.807) is 17.7 Å². The maximum atomic E-state index is 5.58. The number of nitrogens with zero attached hydrogens (tertiary/aromatic N) is 5. The van der Waals surface area contributed by atoms with Crippen LogP contribution in [0.4, 0.5) is 11.5 Å². The van der Waals surface area contributed by atoms with Crippen LogP contribution in [0.25, 0.3) is 10.2 Å². The normalized spacial score (nSPS) is 17.0. The number of thiophene rings is 1. The zero-order chi connectivity index (χ0) is 18.9. The first-order valence-electron chi connectivity index (χ1n) is 9.72. The second kappa shape index (κ2) is 7.48. The van der Waals surface area contributed by atoms with E-state index in [9.17, 15) is 0 Å². The topological polar surface area (TPSA) is 53.9 Å². The molecule has 0 spiro atoms. The molecule has 1 saturated heterocycles. The van der Waals surface area contributed by atoms with Gasteiger partial charge >= 0.3 is 0 Å². The van der Waals surface area contributed by atoms with Gasteiger partial charge in [-0.25, -0.2) is 9.97 Å². The molecule has 0 unspecified atom stereocenters. The van der Waals surface area contributed by atoms with Crippen molar-refractivity contribution < 1.29 is 4.74 Å². The van der Waals surface area contributed by atoms with Crippen molar-refractivity contribution in [1.29, 1.82) is 0 Å². The van der Waals surface area contributed by atoms with E-state index in [1.807, 2.05) is 12.3 Å². The highest BCUT2D eigenvalue weighted by Crippen LogP contribution is 2.32. The Morgan fingerprint density at radius 3 is 2.93 bits per heavy atom. The number of anilines is 1. The van der Waals surface area contributed by atoms with Crippen molar-refractivity contribution in [2.24, 2.45) is 4.99 Å². The van der Waals surface area contributed by atoms with Gasteiger partial charge in [-0.05, 0) is 42.0 Å². The van der Waals surface area contributed by atoms with E-state index in [0.29, 0.717) is 6.61 Å². The minimum atomic E-state index is 0.570. The predicted molar refractivity (Wildman–Crippen MR) is 115 cm³/mol. The van der Waals surface area contributed by atoms with Gasteiger partial charge < -0.3 is 9.64 Å². The first-order chi connectivity index (χ1) is 13.8. The average Bonchev–Trinajstić information content (AvgIpc) is 3.14. The summed E-state index contributed by atoms with van der Waals surface area (Å²) >= 11 is 1.70. The number of aromatic nitrogens is 2. The van der Waals surface area contributed by atoms with Gasteiger partial charge in [-0.2, -0.15) is 0 Å². The molecule has 0 atom stereocenters. The monoisotopic (exact) mass is 393 g/mol. The number of hydrogen-bond acceptors (Lipinski definition) is 7. The highest BCUT2D eigenvalue weighted by Gasteiger charge is 2.21. The molecule has 0 radical (unpaired) electrons. The Labute approximate surface area is 168 Å². The number of hydrogen-bond donors (Lipinski definition) is 0. The summed E-state index contributed by atoms with van der Waals surface area (Å²) in [6.45, 7) is 7.90. The third-order valence-electron chi connectivity index (χ3n) is 5.49. The lowest BCUT2D eigenvalue weighted by atomic mass is 10.1. The Kier molecular flexibility index (Phi) is 4.70. The van der Waals surface area contributed by atoms with Crippen LogP contribution < -0.4 is 9.64 Å². The summed E-state index contributed by atoms with van der Waals surface area (Å²) in [6.07, 6.45) is 4.55. The molecule has 0 saturated carbocycles. The number of benzene rings is 1. The fraction of sp³-hybridized carbons (Fsp3) is 0.381. The van der Waals surface area contributed by atoms with E-state index < -0.39 is 0 Å². The van der Waals surface area contributed by atoms with Crippen molar-refractivity contribution in [1.82, 2.24) is 14.9 Å². The molecule has 4 heterocycles. The van der Waals surface area contributed by atoms with Gasteiger partial charge in [0.15, 0.2) is 0 Å². The lowest BCUT2D eigenvalue weighted by molar-refractivity contribution is 0.260. The summed E-state index contributed by atoms with van der Waals surface area (Å²) in [5, 5.41) is 3.39. The number of fused-ring (bicyclic) bond motifs is 2. The van der Waals surface area contributed by atoms with Gasteiger partial charge in [0.1, 0.15) is 35.0 Å². The van der Waals surface area contributed by atoms with Crippen LogP contribution in [0.2, 0.25) is 0 Å². The van der Waals surface area contributed by atoms with E-state index >= 15 is 0 Å². The van der Waals surface area contributed by atoms with Gasteiger partial charge in [0.2, 0.25) is 0 Å². The predicted octanol–water partition coefficient (Wildman–Crippen LogP) is 3.46. The standard InChI is InChI=1S/C21H23N5OS/c1-15-13-28-21-19(15)20(23-14-24-21)26-9-7-25(8-10-26)6-4-16-2-3-18-17(12-16)22-5-11-27-18/h2-3,5,12-14H,4,6-11H2,1H3. The molecule has 0 aliphatic carbocycles. The molecule has 2 aliphatic heterocycles. The molecule has 1 fully saturated rings. The van der Waals surface area contributed by atoms with E-state index in [2.05, 4.69) is 49.2 Å². The number of ether oxygens (including phenoxy) is 1. The third-order valence-corrected chi connectivity index (χ3v) is 6.49. The van der Waals surface area contributed by atoms with E-state index in [0.717, 1.165) is 61.2 Å². The van der Waals surface area contributed by atoms with Gasteiger partial charge in [0.05, 0.1) is 5.39 Å². The summed E-state index contributed by atoms with van der Waals surface area (Å²) < 4.78 is 5.58. The van der Waals surface area contributed by atoms with Crippen LogP contribution in [0, 0.1) is 6.92 Å². The van der Waals surface area contributed by atoms with Crippen molar-refractivity contribution >= 4 is 39.3 Å². The average molecular weight is 394 g/mol. The van der Waals surface area contributed by atoms with Gasteiger partial charge in [-0.15, -0.1) is 11.3 Å². The first-order valence-corrected chi connectivity index (χ1v) is 10.6. The second-order valence-corrected chi connectivity index (χ2v) is 8.16. The van der Waals surface area contributed by atoms with Crippen molar-refractivity contribution in [2.75, 3.05) is 44.2 Å². The molecule has 144 valence electrons. The van der Waals surface area contributed by atoms with Crippen LogP contribution in [0.5, 0.6) is 5.75 Å². The van der Waals surface area contributed by atoms with Crippen molar-refractivity contribution in [3.05, 3.63) is 41.0 Å². The zero-order valence-electron chi connectivity index (χ0n) is 16.0. The van der Waals surface area contributed by atoms with Crippen LogP contribution in [-0.2, 0) is 6.42 Å². The van der Waals surface area contributed by atoms with E-state index in [1.165, 1.54) is 16.5 Å². The summed E-state index contributed by atoms with van der Waals surface area (Å²) in [6, 6.07) is 6.35. The molecule has 2 aromatic heterocycles. The summed E-state index contributed by atoms with van der Waals surface area (Å²) in [7, 11) is 0. The van der Waals surface area contributed by atoms with Gasteiger partial charge in [0.25, 0.3) is 0 Å². The molecular weight excluding hydrogens is 370 g/mol. The van der Waals surface area contributed by atoms with Gasteiger partial charge in [0, 0.05) is 38.9 Å². The molecule has 7 heteroatoms. The maximum Gasteiger partial charge on any atom is 0.145 e. The Morgan fingerprint density at radius 2 is 2.04 bits per heavy atom. The van der Waals surface area contributed by atoms with Crippen LogP contribution in [0.15, 0.2) is 34.9 Å². The zero-order valence-corrected chi connectivity index (χ0v) is 16.8. The van der Waals surface area contributed by atoms with Crippen LogP contribution in [0.1, 0.15) is 11.1 Å². The second-order valence-electron chi connectivity index (χ2n) is 7.30. The van der Waals surface area contributed by atoms with Crippen LogP contribution in [-0.4, -0.2) is 60.4 Å². The van der Waals surface area contributed by atoms with Crippen molar-refractivity contribution in [2.45, 2.75) is 13.3 Å². The number of aryl methyl sites for hydroxylation is 1. The van der Waals surface area contributed by atoms with E-state index in [4.69, 9.17) is 4.74 Å². The molecule has 28 heavy (non-hydrogen) atoms. The summed E-state index contributed by atoms with van der Waals surface area (Å²) in [5.74, 6) is 1.98. The molecule has 5 rings (SSSR count). The Bertz CT molecular complexity index is 1020. The summed E-state index contributed by atoms with van der Waals surface area (Å²) in [5.41, 5.74) is 3.54. The first kappa shape index (κ1) is 17.6. The molecule has 6 nitrogen and oxygen atoms in total. The molecule has 0 amide bonds. The molecule has 0 N–H and O–H groups in total. The van der Waals surface area contributed by atoms with Gasteiger partial charge in [-0.1, -0.05) is 6.07 Å². The number of piperazine rings is 1. The van der Waals surface area contributed by atoms with E-state index in [-0.39, 0.29) is 0 Å². The highest BCUT2D eigenvalue weighted by molar-refractivity contribution is 7.17. The lowest BCUT2D eigenvalue weighted by Gasteiger charge is -2.35. The number of rotatable bonds is 4. The third kappa shape index (κ3) is 3.36. The molecule has 3 aromatic rings.